The van der Waals surface area contributed by atoms with Gasteiger partial charge in [0.05, 0.1) is 5.56 Å². The van der Waals surface area contributed by atoms with Crippen molar-refractivity contribution >= 4 is 15.0 Å². The Morgan fingerprint density at radius 2 is 1.65 bits per heavy atom. The van der Waals surface area contributed by atoms with Crippen molar-refractivity contribution in [2.75, 3.05) is 6.66 Å². The Kier molecular flexibility index (Phi) is 4.83. The van der Waals surface area contributed by atoms with E-state index in [0.717, 1.165) is 23.6 Å². The smallest absolute Gasteiger partial charge is 0.344 e. The van der Waals surface area contributed by atoms with E-state index in [0.29, 0.717) is 12.1 Å². The minimum atomic E-state index is -4.86. The molecule has 0 aliphatic heterocycles. The zero-order valence-electron chi connectivity index (χ0n) is 10.2. The fourth-order valence-corrected chi connectivity index (χ4v) is 4.62. The molecule has 6 nitrogen and oxygen atoms in total. The molecule has 0 radical (unpaired) electrons. The van der Waals surface area contributed by atoms with Crippen LogP contribution in [0.2, 0.25) is 0 Å². The summed E-state index contributed by atoms with van der Waals surface area (Å²) in [7, 11) is -8.98. The third-order valence-corrected chi connectivity index (χ3v) is 6.93. The SMILES string of the molecule is CP(=O)(O)C(C[n+]1ccc(C(F)(F)F)cc1)P(=O)(O)O. The van der Waals surface area contributed by atoms with Crippen LogP contribution in [0.25, 0.3) is 0 Å². The van der Waals surface area contributed by atoms with E-state index < -0.39 is 38.6 Å². The first-order valence-electron chi connectivity index (χ1n) is 5.23. The fourth-order valence-electron chi connectivity index (χ4n) is 1.49. The van der Waals surface area contributed by atoms with E-state index in [-0.39, 0.29) is 0 Å². The van der Waals surface area contributed by atoms with Gasteiger partial charge in [-0.2, -0.15) is 13.2 Å². The van der Waals surface area contributed by atoms with Crippen molar-refractivity contribution in [1.82, 2.24) is 0 Å². The van der Waals surface area contributed by atoms with Gasteiger partial charge in [0.2, 0.25) is 7.37 Å². The molecule has 114 valence electrons. The van der Waals surface area contributed by atoms with Gasteiger partial charge in [0.1, 0.15) is 0 Å². The van der Waals surface area contributed by atoms with Crippen molar-refractivity contribution in [3.8, 4) is 0 Å². The number of pyridine rings is 1. The molecule has 0 bridgehead atoms. The molecule has 1 rings (SSSR count). The molecule has 0 amide bonds. The summed E-state index contributed by atoms with van der Waals surface area (Å²) in [5, 5.41) is -1.86. The fraction of sp³-hybridized carbons (Fsp3) is 0.444. The second-order valence-corrected chi connectivity index (χ2v) is 9.01. The number of nitrogens with zero attached hydrogens (tertiary/aromatic N) is 1. The summed E-state index contributed by atoms with van der Waals surface area (Å²) >= 11 is 0. The van der Waals surface area contributed by atoms with E-state index in [1.807, 2.05) is 0 Å². The van der Waals surface area contributed by atoms with Gasteiger partial charge in [0.25, 0.3) is 0 Å². The quantitative estimate of drug-likeness (QED) is 0.571. The van der Waals surface area contributed by atoms with Crippen LogP contribution in [0.3, 0.4) is 0 Å². The molecular formula is C9H13F3NO5P2+. The standard InChI is InChI=1S/C9H12F3NO5P2/c1-19(14,15)8(20(16,17)18)6-13-4-2-7(3-5-13)9(10,11)12/h2-5,8H,6H2,1H3,(H2-,14,15,16,17,18)/p+1. The summed E-state index contributed by atoms with van der Waals surface area (Å²) in [6.45, 7) is 0.230. The van der Waals surface area contributed by atoms with Crippen LogP contribution in [-0.4, -0.2) is 26.7 Å². The molecule has 0 saturated heterocycles. The maximum Gasteiger partial charge on any atom is 0.416 e. The Balaban J connectivity index is 3.03. The lowest BCUT2D eigenvalue weighted by Gasteiger charge is -2.18. The number of halogens is 3. The van der Waals surface area contributed by atoms with Crippen LogP contribution in [0.5, 0.6) is 0 Å². The highest BCUT2D eigenvalue weighted by atomic mass is 31.2. The molecule has 0 aliphatic carbocycles. The summed E-state index contributed by atoms with van der Waals surface area (Å²) in [5.74, 6) is 0. The van der Waals surface area contributed by atoms with Crippen molar-refractivity contribution < 1.29 is 41.5 Å². The van der Waals surface area contributed by atoms with Crippen LogP contribution in [0.4, 0.5) is 13.2 Å². The predicted octanol–water partition coefficient (Wildman–Crippen LogP) is 1.40. The Bertz CT molecular complexity index is 540. The minimum absolute atomic E-state index is 0.563. The van der Waals surface area contributed by atoms with Gasteiger partial charge in [-0.05, 0) is 0 Å². The predicted molar refractivity (Wildman–Crippen MR) is 63.2 cm³/mol. The lowest BCUT2D eigenvalue weighted by atomic mass is 10.2. The summed E-state index contributed by atoms with van der Waals surface area (Å²) in [4.78, 5) is 27.4. The van der Waals surface area contributed by atoms with Crippen LogP contribution in [0.15, 0.2) is 24.5 Å². The van der Waals surface area contributed by atoms with E-state index in [1.165, 1.54) is 0 Å². The second kappa shape index (κ2) is 5.58. The Hall–Kier alpha value is -0.720. The van der Waals surface area contributed by atoms with Gasteiger partial charge < -0.3 is 14.7 Å². The number of hydrogen-bond donors (Lipinski definition) is 3. The maximum absolute atomic E-state index is 12.3. The van der Waals surface area contributed by atoms with E-state index in [2.05, 4.69) is 0 Å². The Morgan fingerprint density at radius 3 is 1.95 bits per heavy atom. The second-order valence-electron chi connectivity index (χ2n) is 4.29. The summed E-state index contributed by atoms with van der Waals surface area (Å²) < 4.78 is 60.7. The van der Waals surface area contributed by atoms with Crippen LogP contribution in [0, 0.1) is 0 Å². The summed E-state index contributed by atoms with van der Waals surface area (Å²) in [6, 6.07) is 1.43. The van der Waals surface area contributed by atoms with Crippen LogP contribution >= 0.6 is 15.0 Å². The lowest BCUT2D eigenvalue weighted by Crippen LogP contribution is -2.39. The molecule has 2 unspecified atom stereocenters. The van der Waals surface area contributed by atoms with Crippen LogP contribution < -0.4 is 4.57 Å². The average Bonchev–Trinajstić information content (AvgIpc) is 2.22. The third kappa shape index (κ3) is 4.68. The van der Waals surface area contributed by atoms with Gasteiger partial charge in [0.15, 0.2) is 24.3 Å². The summed E-state index contributed by atoms with van der Waals surface area (Å²) in [6.07, 6.45) is -2.64. The molecule has 0 fully saturated rings. The van der Waals surface area contributed by atoms with Gasteiger partial charge in [-0.3, -0.25) is 9.13 Å². The first-order chi connectivity index (χ1) is 8.82. The van der Waals surface area contributed by atoms with Gasteiger partial charge in [-0.15, -0.1) is 0 Å². The van der Waals surface area contributed by atoms with Crippen molar-refractivity contribution in [3.63, 3.8) is 0 Å². The van der Waals surface area contributed by atoms with Gasteiger partial charge in [-0.1, -0.05) is 0 Å². The molecular weight excluding hydrogens is 321 g/mol. The summed E-state index contributed by atoms with van der Waals surface area (Å²) in [5.41, 5.74) is -0.926. The lowest BCUT2D eigenvalue weighted by molar-refractivity contribution is -0.694. The van der Waals surface area contributed by atoms with Crippen molar-refractivity contribution in [2.24, 2.45) is 0 Å². The van der Waals surface area contributed by atoms with E-state index in [1.54, 1.807) is 0 Å². The number of aromatic nitrogens is 1. The highest BCUT2D eigenvalue weighted by Gasteiger charge is 2.44. The molecule has 1 heterocycles. The molecule has 3 N–H and O–H groups in total. The topological polar surface area (TPSA) is 98.7 Å². The van der Waals surface area contributed by atoms with E-state index >= 15 is 0 Å². The van der Waals surface area contributed by atoms with Crippen molar-refractivity contribution in [1.29, 1.82) is 0 Å². The minimum Gasteiger partial charge on any atom is -0.344 e. The van der Waals surface area contributed by atoms with Gasteiger partial charge in [-0.25, -0.2) is 4.57 Å². The molecule has 0 saturated carbocycles. The Labute approximate surface area is 112 Å². The number of rotatable bonds is 4. The van der Waals surface area contributed by atoms with Crippen molar-refractivity contribution in [2.45, 2.75) is 18.1 Å². The first kappa shape index (κ1) is 17.3. The Morgan fingerprint density at radius 1 is 1.20 bits per heavy atom. The molecule has 0 aromatic carbocycles. The first-order valence-corrected chi connectivity index (χ1v) is 9.09. The van der Waals surface area contributed by atoms with Crippen LogP contribution in [-0.2, 0) is 21.9 Å². The molecule has 11 heteroatoms. The normalized spacial score (nSPS) is 17.6. The molecule has 0 aliphatic rings. The monoisotopic (exact) mass is 334 g/mol. The highest BCUT2D eigenvalue weighted by molar-refractivity contribution is 7.73. The van der Waals surface area contributed by atoms with Crippen LogP contribution in [0.1, 0.15) is 5.56 Å². The maximum atomic E-state index is 12.3. The average molecular weight is 334 g/mol. The van der Waals surface area contributed by atoms with E-state index in [9.17, 15) is 27.2 Å². The molecule has 1 aromatic rings. The highest BCUT2D eigenvalue weighted by Crippen LogP contribution is 2.60. The largest absolute Gasteiger partial charge is 0.416 e. The van der Waals surface area contributed by atoms with Gasteiger partial charge in [0, 0.05) is 18.8 Å². The van der Waals surface area contributed by atoms with Gasteiger partial charge >= 0.3 is 13.8 Å². The third-order valence-electron chi connectivity index (χ3n) is 2.53. The molecule has 20 heavy (non-hydrogen) atoms. The zero-order valence-corrected chi connectivity index (χ0v) is 12.0. The molecule has 1 aromatic heterocycles. The number of alkyl halides is 3. The zero-order chi connectivity index (χ0) is 15.8. The molecule has 2 atom stereocenters. The number of hydrogen-bond acceptors (Lipinski definition) is 2. The van der Waals surface area contributed by atoms with E-state index in [4.69, 9.17) is 9.79 Å². The van der Waals surface area contributed by atoms with Crippen molar-refractivity contribution in [3.05, 3.63) is 30.1 Å². The molecule has 0 spiro atoms.